The largest absolute Gasteiger partial charge is 0.396 e. The highest BCUT2D eigenvalue weighted by Gasteiger charge is 2.25. The Morgan fingerprint density at radius 3 is 2.38 bits per heavy atom. The summed E-state index contributed by atoms with van der Waals surface area (Å²) in [6.07, 6.45) is 2.91. The summed E-state index contributed by atoms with van der Waals surface area (Å²) < 4.78 is 0. The highest BCUT2D eigenvalue weighted by Crippen LogP contribution is 2.24. The van der Waals surface area contributed by atoms with E-state index in [0.29, 0.717) is 19.4 Å². The SMILES string of the molecule is CCC(CC)(CO)CNC(=O)CCC(C)N. The predicted molar refractivity (Wildman–Crippen MR) is 66.0 cm³/mol. The zero-order valence-electron chi connectivity index (χ0n) is 10.8. The average Bonchev–Trinajstić information content (AvgIpc) is 2.29. The molecule has 0 aromatic carbocycles. The second-order valence-electron chi connectivity index (χ2n) is 4.66. The molecular weight excluding hydrogens is 204 g/mol. The number of carbonyl (C=O) groups excluding carboxylic acids is 1. The molecule has 4 heteroatoms. The molecule has 1 atom stereocenters. The second-order valence-corrected chi connectivity index (χ2v) is 4.66. The first kappa shape index (κ1) is 15.4. The molecule has 0 aliphatic carbocycles. The zero-order valence-corrected chi connectivity index (χ0v) is 10.8. The third kappa shape index (κ3) is 5.47. The number of rotatable bonds is 8. The van der Waals surface area contributed by atoms with Crippen molar-refractivity contribution >= 4 is 5.91 Å². The van der Waals surface area contributed by atoms with E-state index >= 15 is 0 Å². The van der Waals surface area contributed by atoms with Gasteiger partial charge in [0.2, 0.25) is 5.91 Å². The summed E-state index contributed by atoms with van der Waals surface area (Å²) in [5.41, 5.74) is 5.42. The molecule has 0 aromatic rings. The highest BCUT2D eigenvalue weighted by molar-refractivity contribution is 5.75. The molecule has 16 heavy (non-hydrogen) atoms. The van der Waals surface area contributed by atoms with Crippen LogP contribution in [0.1, 0.15) is 46.5 Å². The van der Waals surface area contributed by atoms with E-state index in [1.54, 1.807) is 0 Å². The summed E-state index contributed by atoms with van der Waals surface area (Å²) in [5, 5.41) is 12.2. The van der Waals surface area contributed by atoms with E-state index in [-0.39, 0.29) is 24.0 Å². The fourth-order valence-corrected chi connectivity index (χ4v) is 1.51. The van der Waals surface area contributed by atoms with Crippen molar-refractivity contribution in [2.45, 2.75) is 52.5 Å². The molecule has 0 aromatic heterocycles. The standard InChI is InChI=1S/C12H26N2O2/c1-4-12(5-2,9-15)8-14-11(16)7-6-10(3)13/h10,15H,4-9,13H2,1-3H3,(H,14,16). The van der Waals surface area contributed by atoms with Crippen LogP contribution in [0, 0.1) is 5.41 Å². The van der Waals surface area contributed by atoms with Gasteiger partial charge in [-0.25, -0.2) is 0 Å². The lowest BCUT2D eigenvalue weighted by molar-refractivity contribution is -0.122. The highest BCUT2D eigenvalue weighted by atomic mass is 16.3. The molecule has 0 heterocycles. The van der Waals surface area contributed by atoms with Crippen molar-refractivity contribution in [3.05, 3.63) is 0 Å². The fraction of sp³-hybridized carbons (Fsp3) is 0.917. The first-order valence-corrected chi connectivity index (χ1v) is 6.12. The molecule has 0 fully saturated rings. The molecule has 1 amide bonds. The van der Waals surface area contributed by atoms with Gasteiger partial charge in [0.1, 0.15) is 0 Å². The molecule has 96 valence electrons. The third-order valence-corrected chi connectivity index (χ3v) is 3.32. The van der Waals surface area contributed by atoms with Crippen LogP contribution >= 0.6 is 0 Å². The molecule has 0 rings (SSSR count). The first-order valence-electron chi connectivity index (χ1n) is 6.12. The van der Waals surface area contributed by atoms with E-state index in [4.69, 9.17) is 5.73 Å². The normalized spacial score (nSPS) is 13.6. The third-order valence-electron chi connectivity index (χ3n) is 3.32. The zero-order chi connectivity index (χ0) is 12.6. The Morgan fingerprint density at radius 2 is 2.00 bits per heavy atom. The number of nitrogens with one attached hydrogen (secondary N) is 1. The van der Waals surface area contributed by atoms with Crippen molar-refractivity contribution in [1.29, 1.82) is 0 Å². The van der Waals surface area contributed by atoms with E-state index in [0.717, 1.165) is 12.8 Å². The number of carbonyl (C=O) groups is 1. The maximum Gasteiger partial charge on any atom is 0.220 e. The Kier molecular flexibility index (Phi) is 7.34. The van der Waals surface area contributed by atoms with Gasteiger partial charge in [0.15, 0.2) is 0 Å². The summed E-state index contributed by atoms with van der Waals surface area (Å²) in [6, 6.07) is 0.0608. The molecule has 1 unspecified atom stereocenters. The number of aliphatic hydroxyl groups is 1. The maximum absolute atomic E-state index is 11.5. The van der Waals surface area contributed by atoms with E-state index in [9.17, 15) is 9.90 Å². The number of hydrogen-bond acceptors (Lipinski definition) is 3. The second kappa shape index (κ2) is 7.63. The first-order chi connectivity index (χ1) is 7.49. The lowest BCUT2D eigenvalue weighted by Crippen LogP contribution is -2.39. The van der Waals surface area contributed by atoms with Crippen molar-refractivity contribution in [3.8, 4) is 0 Å². The summed E-state index contributed by atoms with van der Waals surface area (Å²) in [6.45, 7) is 6.63. The Labute approximate surface area is 98.6 Å². The minimum Gasteiger partial charge on any atom is -0.396 e. The predicted octanol–water partition coefficient (Wildman–Crippen LogP) is 1.03. The monoisotopic (exact) mass is 230 g/mol. The molecule has 0 spiro atoms. The van der Waals surface area contributed by atoms with Crippen molar-refractivity contribution in [2.75, 3.05) is 13.2 Å². The lowest BCUT2D eigenvalue weighted by atomic mass is 9.83. The van der Waals surface area contributed by atoms with Gasteiger partial charge in [0, 0.05) is 24.4 Å². The van der Waals surface area contributed by atoms with Crippen LogP contribution in [0.2, 0.25) is 0 Å². The van der Waals surface area contributed by atoms with Crippen LogP contribution in [0.3, 0.4) is 0 Å². The molecule has 0 saturated carbocycles. The van der Waals surface area contributed by atoms with Gasteiger partial charge in [0.05, 0.1) is 6.61 Å². The van der Waals surface area contributed by atoms with Gasteiger partial charge < -0.3 is 16.2 Å². The quantitative estimate of drug-likeness (QED) is 0.583. The van der Waals surface area contributed by atoms with Crippen molar-refractivity contribution in [2.24, 2.45) is 11.1 Å². The number of amides is 1. The summed E-state index contributed by atoms with van der Waals surface area (Å²) in [7, 11) is 0. The minimum absolute atomic E-state index is 0.0250. The molecule has 4 N–H and O–H groups in total. The van der Waals surface area contributed by atoms with E-state index < -0.39 is 0 Å². The Balaban J connectivity index is 3.97. The smallest absolute Gasteiger partial charge is 0.220 e. The van der Waals surface area contributed by atoms with Crippen LogP contribution in [0.5, 0.6) is 0 Å². The van der Waals surface area contributed by atoms with Gasteiger partial charge in [-0.3, -0.25) is 4.79 Å². The lowest BCUT2D eigenvalue weighted by Gasteiger charge is -2.29. The molecule has 0 aliphatic rings. The molecule has 0 aliphatic heterocycles. The number of nitrogens with two attached hydrogens (primary N) is 1. The maximum atomic E-state index is 11.5. The van der Waals surface area contributed by atoms with Crippen LogP contribution in [0.25, 0.3) is 0 Å². The minimum atomic E-state index is -0.163. The molecule has 0 radical (unpaired) electrons. The molecule has 0 saturated heterocycles. The molecular formula is C12H26N2O2. The van der Waals surface area contributed by atoms with Gasteiger partial charge in [-0.2, -0.15) is 0 Å². The Hall–Kier alpha value is -0.610. The van der Waals surface area contributed by atoms with E-state index in [1.807, 2.05) is 20.8 Å². The molecule has 4 nitrogen and oxygen atoms in total. The van der Waals surface area contributed by atoms with Gasteiger partial charge in [-0.1, -0.05) is 13.8 Å². The Bertz CT molecular complexity index is 193. The fourth-order valence-electron chi connectivity index (χ4n) is 1.51. The summed E-state index contributed by atoms with van der Waals surface area (Å²) in [4.78, 5) is 11.5. The van der Waals surface area contributed by atoms with Gasteiger partial charge in [-0.15, -0.1) is 0 Å². The van der Waals surface area contributed by atoms with E-state index in [1.165, 1.54) is 0 Å². The summed E-state index contributed by atoms with van der Waals surface area (Å²) >= 11 is 0. The average molecular weight is 230 g/mol. The summed E-state index contributed by atoms with van der Waals surface area (Å²) in [5.74, 6) is 0.0250. The van der Waals surface area contributed by atoms with Crippen LogP contribution in [0.15, 0.2) is 0 Å². The van der Waals surface area contributed by atoms with Crippen molar-refractivity contribution < 1.29 is 9.90 Å². The van der Waals surface area contributed by atoms with Crippen molar-refractivity contribution in [1.82, 2.24) is 5.32 Å². The van der Waals surface area contributed by atoms with Crippen LogP contribution in [0.4, 0.5) is 0 Å². The van der Waals surface area contributed by atoms with Crippen LogP contribution in [-0.4, -0.2) is 30.2 Å². The molecule has 0 bridgehead atoms. The van der Waals surface area contributed by atoms with Crippen LogP contribution in [-0.2, 0) is 4.79 Å². The Morgan fingerprint density at radius 1 is 1.44 bits per heavy atom. The topological polar surface area (TPSA) is 75.3 Å². The van der Waals surface area contributed by atoms with E-state index in [2.05, 4.69) is 5.32 Å². The number of hydrogen-bond donors (Lipinski definition) is 3. The number of aliphatic hydroxyl groups excluding tert-OH is 1. The van der Waals surface area contributed by atoms with Gasteiger partial charge >= 0.3 is 0 Å². The van der Waals surface area contributed by atoms with Gasteiger partial charge in [-0.05, 0) is 26.2 Å². The van der Waals surface area contributed by atoms with Gasteiger partial charge in [0.25, 0.3) is 0 Å². The van der Waals surface area contributed by atoms with Crippen LogP contribution < -0.4 is 11.1 Å². The van der Waals surface area contributed by atoms with Crippen molar-refractivity contribution in [3.63, 3.8) is 0 Å².